The molecule has 116 valence electrons. The molecule has 1 N–H and O–H groups in total. The number of hydrogen-bond donors (Lipinski definition) is 1. The molecule has 2 unspecified atom stereocenters. The summed E-state index contributed by atoms with van der Waals surface area (Å²) in [5, 5.41) is 3.93. The van der Waals surface area contributed by atoms with Crippen LogP contribution < -0.4 is 5.32 Å². The first-order valence-electron chi connectivity index (χ1n) is 9.22. The van der Waals surface area contributed by atoms with Crippen molar-refractivity contribution in [1.29, 1.82) is 0 Å². The van der Waals surface area contributed by atoms with Gasteiger partial charge in [-0.3, -0.25) is 4.90 Å². The Bertz CT molecular complexity index is 292. The maximum atomic E-state index is 3.93. The molecule has 2 nitrogen and oxygen atoms in total. The summed E-state index contributed by atoms with van der Waals surface area (Å²) in [7, 11) is 0. The second-order valence-electron chi connectivity index (χ2n) is 7.95. The van der Waals surface area contributed by atoms with Crippen molar-refractivity contribution in [3.8, 4) is 0 Å². The smallest absolute Gasteiger partial charge is 0.0198 e. The van der Waals surface area contributed by atoms with E-state index in [9.17, 15) is 0 Å². The van der Waals surface area contributed by atoms with Gasteiger partial charge in [-0.05, 0) is 56.4 Å². The molecule has 2 atom stereocenters. The Balaban J connectivity index is 1.48. The van der Waals surface area contributed by atoms with E-state index < -0.39 is 0 Å². The SMILES string of the molecule is CCC1CC(NCC2CCCC2)CN(C2CC(C)C2)C1. The molecule has 0 aromatic carbocycles. The molecule has 0 amide bonds. The zero-order chi connectivity index (χ0) is 13.9. The number of likely N-dealkylation sites (tertiary alicyclic amines) is 1. The zero-order valence-corrected chi connectivity index (χ0v) is 13.6. The van der Waals surface area contributed by atoms with E-state index in [1.165, 1.54) is 71.0 Å². The molecule has 3 aliphatic rings. The summed E-state index contributed by atoms with van der Waals surface area (Å²) >= 11 is 0. The lowest BCUT2D eigenvalue weighted by atomic mass is 9.78. The lowest BCUT2D eigenvalue weighted by Gasteiger charge is -2.47. The summed E-state index contributed by atoms with van der Waals surface area (Å²) in [4.78, 5) is 2.82. The minimum absolute atomic E-state index is 0.769. The van der Waals surface area contributed by atoms with Gasteiger partial charge in [-0.25, -0.2) is 0 Å². The highest BCUT2D eigenvalue weighted by Crippen LogP contribution is 2.34. The number of hydrogen-bond acceptors (Lipinski definition) is 2. The van der Waals surface area contributed by atoms with E-state index in [1.807, 2.05) is 0 Å². The molecule has 2 heteroatoms. The summed E-state index contributed by atoms with van der Waals surface area (Å²) in [6.45, 7) is 8.77. The molecule has 3 rings (SSSR count). The van der Waals surface area contributed by atoms with Crippen LogP contribution in [0.2, 0.25) is 0 Å². The van der Waals surface area contributed by atoms with Crippen molar-refractivity contribution in [2.24, 2.45) is 17.8 Å². The van der Waals surface area contributed by atoms with Gasteiger partial charge in [0.15, 0.2) is 0 Å². The quantitative estimate of drug-likeness (QED) is 0.825. The maximum Gasteiger partial charge on any atom is 0.0198 e. The summed E-state index contributed by atoms with van der Waals surface area (Å²) in [6, 6.07) is 1.68. The number of piperidine rings is 1. The molecule has 2 saturated carbocycles. The Kier molecular flexibility index (Phi) is 5.04. The Morgan fingerprint density at radius 3 is 2.40 bits per heavy atom. The molecular weight excluding hydrogens is 244 g/mol. The topological polar surface area (TPSA) is 15.3 Å². The molecule has 2 aliphatic carbocycles. The Morgan fingerprint density at radius 1 is 1.00 bits per heavy atom. The first kappa shape index (κ1) is 14.8. The van der Waals surface area contributed by atoms with Crippen LogP contribution in [0.25, 0.3) is 0 Å². The van der Waals surface area contributed by atoms with Crippen LogP contribution in [0.3, 0.4) is 0 Å². The van der Waals surface area contributed by atoms with Crippen LogP contribution in [-0.2, 0) is 0 Å². The van der Waals surface area contributed by atoms with Gasteiger partial charge in [0.1, 0.15) is 0 Å². The average Bonchev–Trinajstić information content (AvgIpc) is 2.94. The molecule has 0 radical (unpaired) electrons. The van der Waals surface area contributed by atoms with Crippen LogP contribution in [-0.4, -0.2) is 36.6 Å². The fourth-order valence-electron chi connectivity index (χ4n) is 4.69. The standard InChI is InChI=1S/C18H34N2/c1-3-15-10-17(19-11-16-6-4-5-7-16)13-20(12-15)18-8-14(2)9-18/h14-19H,3-13H2,1-2H3. The number of nitrogens with one attached hydrogen (secondary N) is 1. The highest BCUT2D eigenvalue weighted by molar-refractivity contribution is 4.92. The van der Waals surface area contributed by atoms with E-state index in [-0.39, 0.29) is 0 Å². The zero-order valence-electron chi connectivity index (χ0n) is 13.6. The van der Waals surface area contributed by atoms with Crippen LogP contribution in [0.15, 0.2) is 0 Å². The van der Waals surface area contributed by atoms with Crippen molar-refractivity contribution >= 4 is 0 Å². The Labute approximate surface area is 125 Å². The predicted molar refractivity (Wildman–Crippen MR) is 85.9 cm³/mol. The summed E-state index contributed by atoms with van der Waals surface area (Å²) in [5.74, 6) is 2.89. The Hall–Kier alpha value is -0.0800. The monoisotopic (exact) mass is 278 g/mol. The van der Waals surface area contributed by atoms with Crippen molar-refractivity contribution in [2.75, 3.05) is 19.6 Å². The van der Waals surface area contributed by atoms with Crippen molar-refractivity contribution in [1.82, 2.24) is 10.2 Å². The molecule has 1 heterocycles. The van der Waals surface area contributed by atoms with Gasteiger partial charge in [0.2, 0.25) is 0 Å². The van der Waals surface area contributed by atoms with E-state index in [4.69, 9.17) is 0 Å². The normalized spacial score (nSPS) is 39.9. The van der Waals surface area contributed by atoms with Crippen molar-refractivity contribution in [3.63, 3.8) is 0 Å². The molecule has 1 saturated heterocycles. The van der Waals surface area contributed by atoms with E-state index in [0.29, 0.717) is 0 Å². The van der Waals surface area contributed by atoms with Gasteiger partial charge in [-0.15, -0.1) is 0 Å². The molecule has 0 bridgehead atoms. The van der Waals surface area contributed by atoms with Gasteiger partial charge in [-0.1, -0.05) is 33.1 Å². The van der Waals surface area contributed by atoms with E-state index in [1.54, 1.807) is 0 Å². The van der Waals surface area contributed by atoms with Crippen molar-refractivity contribution in [3.05, 3.63) is 0 Å². The summed E-state index contributed by atoms with van der Waals surface area (Å²) in [5.41, 5.74) is 0. The minimum Gasteiger partial charge on any atom is -0.312 e. The lowest BCUT2D eigenvalue weighted by molar-refractivity contribution is 0.0324. The van der Waals surface area contributed by atoms with E-state index in [2.05, 4.69) is 24.1 Å². The fraction of sp³-hybridized carbons (Fsp3) is 1.00. The highest BCUT2D eigenvalue weighted by atomic mass is 15.2. The number of nitrogens with zero attached hydrogens (tertiary/aromatic N) is 1. The third-order valence-corrected chi connectivity index (χ3v) is 6.18. The van der Waals surface area contributed by atoms with Crippen LogP contribution in [0.1, 0.15) is 65.2 Å². The van der Waals surface area contributed by atoms with Crippen LogP contribution >= 0.6 is 0 Å². The van der Waals surface area contributed by atoms with Gasteiger partial charge >= 0.3 is 0 Å². The minimum atomic E-state index is 0.769. The van der Waals surface area contributed by atoms with Gasteiger partial charge < -0.3 is 5.32 Å². The Morgan fingerprint density at radius 2 is 1.75 bits per heavy atom. The molecule has 3 fully saturated rings. The largest absolute Gasteiger partial charge is 0.312 e. The van der Waals surface area contributed by atoms with E-state index in [0.717, 1.165) is 29.8 Å². The van der Waals surface area contributed by atoms with E-state index >= 15 is 0 Å². The predicted octanol–water partition coefficient (Wildman–Crippen LogP) is 3.67. The van der Waals surface area contributed by atoms with Gasteiger partial charge in [0.25, 0.3) is 0 Å². The third-order valence-electron chi connectivity index (χ3n) is 6.18. The van der Waals surface area contributed by atoms with Crippen LogP contribution in [0, 0.1) is 17.8 Å². The van der Waals surface area contributed by atoms with Gasteiger partial charge in [0.05, 0.1) is 0 Å². The second-order valence-corrected chi connectivity index (χ2v) is 7.95. The maximum absolute atomic E-state index is 3.93. The van der Waals surface area contributed by atoms with Crippen LogP contribution in [0.4, 0.5) is 0 Å². The van der Waals surface area contributed by atoms with Crippen molar-refractivity contribution < 1.29 is 0 Å². The number of rotatable bonds is 5. The molecule has 0 aromatic heterocycles. The molecule has 20 heavy (non-hydrogen) atoms. The molecule has 0 spiro atoms. The average molecular weight is 278 g/mol. The van der Waals surface area contributed by atoms with Crippen LogP contribution in [0.5, 0.6) is 0 Å². The molecular formula is C18H34N2. The second kappa shape index (κ2) is 6.79. The van der Waals surface area contributed by atoms with Gasteiger partial charge in [-0.2, -0.15) is 0 Å². The first-order valence-corrected chi connectivity index (χ1v) is 9.22. The molecule has 1 aliphatic heterocycles. The summed E-state index contributed by atoms with van der Waals surface area (Å²) < 4.78 is 0. The first-order chi connectivity index (χ1) is 9.74. The lowest BCUT2D eigenvalue weighted by Crippen LogP contribution is -2.55. The fourth-order valence-corrected chi connectivity index (χ4v) is 4.69. The van der Waals surface area contributed by atoms with Gasteiger partial charge in [0, 0.05) is 25.2 Å². The highest BCUT2D eigenvalue weighted by Gasteiger charge is 2.36. The third kappa shape index (κ3) is 3.57. The molecule has 0 aromatic rings. The van der Waals surface area contributed by atoms with Crippen molar-refractivity contribution in [2.45, 2.75) is 77.3 Å². The summed E-state index contributed by atoms with van der Waals surface area (Å²) in [6.07, 6.45) is 11.6.